The molecule has 0 aliphatic carbocycles. The summed E-state index contributed by atoms with van der Waals surface area (Å²) in [5, 5.41) is 0.835. The summed E-state index contributed by atoms with van der Waals surface area (Å²) < 4.78 is 0. The van der Waals surface area contributed by atoms with Crippen molar-refractivity contribution in [3.05, 3.63) is 48.3 Å². The van der Waals surface area contributed by atoms with Gasteiger partial charge in [0, 0.05) is 49.0 Å². The van der Waals surface area contributed by atoms with Gasteiger partial charge in [-0.25, -0.2) is 9.97 Å². The molecular formula is C19H24N4OS. The number of rotatable bonds is 7. The standard InChI is InChI=1S/C19H24N4OS/c1-2-3-11-25-19-20-12-16(13-21-19)14-22-9-10-23(18(24)15-22)17-7-5-4-6-8-17/h4-8,12-13H,2-3,9-11,14-15H2,1H3. The summed E-state index contributed by atoms with van der Waals surface area (Å²) in [6.45, 7) is 4.90. The molecule has 1 aliphatic rings. The minimum atomic E-state index is 0.144. The van der Waals surface area contributed by atoms with Crippen LogP contribution in [0.25, 0.3) is 0 Å². The fourth-order valence-electron chi connectivity index (χ4n) is 2.80. The monoisotopic (exact) mass is 356 g/mol. The molecule has 3 rings (SSSR count). The number of aromatic nitrogens is 2. The second-order valence-electron chi connectivity index (χ2n) is 6.17. The zero-order valence-electron chi connectivity index (χ0n) is 14.6. The van der Waals surface area contributed by atoms with Gasteiger partial charge in [0.25, 0.3) is 0 Å². The molecule has 0 bridgehead atoms. The summed E-state index contributed by atoms with van der Waals surface area (Å²) in [5.74, 6) is 1.20. The number of unbranched alkanes of at least 4 members (excludes halogenated alkanes) is 1. The lowest BCUT2D eigenvalue weighted by Gasteiger charge is -2.34. The van der Waals surface area contributed by atoms with E-state index >= 15 is 0 Å². The van der Waals surface area contributed by atoms with Gasteiger partial charge in [-0.3, -0.25) is 9.69 Å². The number of nitrogens with zero attached hydrogens (tertiary/aromatic N) is 4. The highest BCUT2D eigenvalue weighted by Crippen LogP contribution is 2.18. The minimum Gasteiger partial charge on any atom is -0.310 e. The molecule has 5 nitrogen and oxygen atoms in total. The lowest BCUT2D eigenvalue weighted by molar-refractivity contribution is -0.121. The molecule has 6 heteroatoms. The van der Waals surface area contributed by atoms with Crippen LogP contribution in [0.3, 0.4) is 0 Å². The van der Waals surface area contributed by atoms with E-state index in [-0.39, 0.29) is 5.91 Å². The quantitative estimate of drug-likeness (QED) is 0.433. The molecule has 0 radical (unpaired) electrons. The Bertz CT molecular complexity index is 678. The van der Waals surface area contributed by atoms with Crippen LogP contribution in [0, 0.1) is 0 Å². The van der Waals surface area contributed by atoms with Gasteiger partial charge >= 0.3 is 0 Å². The molecule has 1 fully saturated rings. The van der Waals surface area contributed by atoms with E-state index in [0.29, 0.717) is 19.6 Å². The maximum Gasteiger partial charge on any atom is 0.241 e. The third-order valence-electron chi connectivity index (χ3n) is 4.18. The lowest BCUT2D eigenvalue weighted by atomic mass is 10.2. The van der Waals surface area contributed by atoms with Crippen LogP contribution in [-0.4, -0.2) is 46.2 Å². The molecule has 0 atom stereocenters. The van der Waals surface area contributed by atoms with Crippen LogP contribution in [0.15, 0.2) is 47.9 Å². The zero-order valence-corrected chi connectivity index (χ0v) is 15.4. The van der Waals surface area contributed by atoms with E-state index in [0.717, 1.165) is 28.7 Å². The van der Waals surface area contributed by atoms with Gasteiger partial charge in [0.2, 0.25) is 5.91 Å². The molecule has 1 aromatic carbocycles. The average molecular weight is 356 g/mol. The van der Waals surface area contributed by atoms with E-state index in [9.17, 15) is 4.79 Å². The highest BCUT2D eigenvalue weighted by molar-refractivity contribution is 7.99. The summed E-state index contributed by atoms with van der Waals surface area (Å²) in [6.07, 6.45) is 6.14. The second kappa shape index (κ2) is 8.97. The van der Waals surface area contributed by atoms with E-state index in [1.807, 2.05) is 47.6 Å². The number of carbonyl (C=O) groups excluding carboxylic acids is 1. The number of anilines is 1. The number of piperazine rings is 1. The van der Waals surface area contributed by atoms with Crippen LogP contribution in [0.2, 0.25) is 0 Å². The molecule has 1 aliphatic heterocycles. The molecule has 0 N–H and O–H groups in total. The molecule has 25 heavy (non-hydrogen) atoms. The smallest absolute Gasteiger partial charge is 0.241 e. The van der Waals surface area contributed by atoms with Crippen molar-refractivity contribution >= 4 is 23.4 Å². The third-order valence-corrected chi connectivity index (χ3v) is 5.15. The van der Waals surface area contributed by atoms with Gasteiger partial charge in [-0.05, 0) is 18.6 Å². The molecule has 1 aromatic heterocycles. The van der Waals surface area contributed by atoms with Crippen LogP contribution in [-0.2, 0) is 11.3 Å². The highest BCUT2D eigenvalue weighted by atomic mass is 32.2. The average Bonchev–Trinajstić information content (AvgIpc) is 2.64. The Morgan fingerprint density at radius 1 is 1.12 bits per heavy atom. The summed E-state index contributed by atoms with van der Waals surface area (Å²) in [4.78, 5) is 25.3. The molecule has 0 spiro atoms. The van der Waals surface area contributed by atoms with Crippen molar-refractivity contribution in [3.63, 3.8) is 0 Å². The van der Waals surface area contributed by atoms with Crippen molar-refractivity contribution in [3.8, 4) is 0 Å². The largest absolute Gasteiger partial charge is 0.310 e. The number of thioether (sulfide) groups is 1. The number of amides is 1. The Hall–Kier alpha value is -1.92. The van der Waals surface area contributed by atoms with Crippen molar-refractivity contribution in [2.45, 2.75) is 31.5 Å². The number of hydrogen-bond donors (Lipinski definition) is 0. The molecule has 1 amide bonds. The number of para-hydroxylation sites is 1. The van der Waals surface area contributed by atoms with E-state index in [1.165, 1.54) is 12.8 Å². The first-order valence-corrected chi connectivity index (χ1v) is 9.76. The Labute approximate surface area is 153 Å². The van der Waals surface area contributed by atoms with Gasteiger partial charge in [0.05, 0.1) is 6.54 Å². The van der Waals surface area contributed by atoms with Gasteiger partial charge in [-0.15, -0.1) is 0 Å². The predicted molar refractivity (Wildman–Crippen MR) is 102 cm³/mol. The first-order valence-electron chi connectivity index (χ1n) is 8.77. The third kappa shape index (κ3) is 5.03. The Kier molecular flexibility index (Phi) is 6.42. The van der Waals surface area contributed by atoms with Crippen LogP contribution in [0.4, 0.5) is 5.69 Å². The molecule has 2 heterocycles. The van der Waals surface area contributed by atoms with Gasteiger partial charge in [-0.2, -0.15) is 0 Å². The van der Waals surface area contributed by atoms with E-state index in [2.05, 4.69) is 21.8 Å². The highest BCUT2D eigenvalue weighted by Gasteiger charge is 2.24. The minimum absolute atomic E-state index is 0.144. The van der Waals surface area contributed by atoms with E-state index in [4.69, 9.17) is 0 Å². The summed E-state index contributed by atoms with van der Waals surface area (Å²) in [5.41, 5.74) is 2.03. The molecule has 0 unspecified atom stereocenters. The van der Waals surface area contributed by atoms with Crippen LogP contribution in [0.5, 0.6) is 0 Å². The van der Waals surface area contributed by atoms with Crippen LogP contribution in [0.1, 0.15) is 25.3 Å². The van der Waals surface area contributed by atoms with Gasteiger partial charge < -0.3 is 4.90 Å². The van der Waals surface area contributed by atoms with Crippen LogP contribution >= 0.6 is 11.8 Å². The van der Waals surface area contributed by atoms with Gasteiger partial charge in [0.1, 0.15) is 0 Å². The first kappa shape index (κ1) is 17.9. The second-order valence-corrected chi connectivity index (χ2v) is 7.23. The summed E-state index contributed by atoms with van der Waals surface area (Å²) in [7, 11) is 0. The van der Waals surface area contributed by atoms with Crippen molar-refractivity contribution in [1.29, 1.82) is 0 Å². The predicted octanol–water partition coefficient (Wildman–Crippen LogP) is 3.22. The van der Waals surface area contributed by atoms with Crippen molar-refractivity contribution in [1.82, 2.24) is 14.9 Å². The van der Waals surface area contributed by atoms with Crippen LogP contribution < -0.4 is 4.90 Å². The maximum absolute atomic E-state index is 12.4. The summed E-state index contributed by atoms with van der Waals surface area (Å²) >= 11 is 1.70. The van der Waals surface area contributed by atoms with Gasteiger partial charge in [-0.1, -0.05) is 43.3 Å². The van der Waals surface area contributed by atoms with E-state index in [1.54, 1.807) is 11.8 Å². The van der Waals surface area contributed by atoms with Crippen molar-refractivity contribution in [2.75, 3.05) is 30.3 Å². The molecule has 0 saturated carbocycles. The van der Waals surface area contributed by atoms with Crippen molar-refractivity contribution < 1.29 is 4.79 Å². The van der Waals surface area contributed by atoms with E-state index < -0.39 is 0 Å². The topological polar surface area (TPSA) is 49.3 Å². The summed E-state index contributed by atoms with van der Waals surface area (Å²) in [6, 6.07) is 9.86. The van der Waals surface area contributed by atoms with Gasteiger partial charge in [0.15, 0.2) is 5.16 Å². The lowest BCUT2D eigenvalue weighted by Crippen LogP contribution is -2.50. The molecule has 1 saturated heterocycles. The zero-order chi connectivity index (χ0) is 17.5. The Morgan fingerprint density at radius 2 is 1.88 bits per heavy atom. The molecule has 132 valence electrons. The number of benzene rings is 1. The Morgan fingerprint density at radius 3 is 2.56 bits per heavy atom. The normalized spacial score (nSPS) is 15.6. The first-order chi connectivity index (χ1) is 12.3. The number of hydrogen-bond acceptors (Lipinski definition) is 5. The number of carbonyl (C=O) groups is 1. The van der Waals surface area contributed by atoms with Crippen molar-refractivity contribution in [2.24, 2.45) is 0 Å². The molecular weight excluding hydrogens is 332 g/mol. The molecule has 2 aromatic rings. The fourth-order valence-corrected chi connectivity index (χ4v) is 3.67. The Balaban J connectivity index is 1.52. The fraction of sp³-hybridized carbons (Fsp3) is 0.421. The SMILES string of the molecule is CCCCSc1ncc(CN2CCN(c3ccccc3)C(=O)C2)cn1. The maximum atomic E-state index is 12.4.